The number of carbonyl (C=O) groups excluding carboxylic acids is 1. The molecule has 3 aromatic heterocycles. The van der Waals surface area contributed by atoms with Crippen LogP contribution in [0.15, 0.2) is 95.0 Å². The van der Waals surface area contributed by atoms with Gasteiger partial charge >= 0.3 is 0 Å². The molecule has 0 radical (unpaired) electrons. The number of anilines is 1. The number of rotatable bonds is 6. The second kappa shape index (κ2) is 9.72. The van der Waals surface area contributed by atoms with Crippen molar-refractivity contribution in [2.75, 3.05) is 5.32 Å². The summed E-state index contributed by atoms with van der Waals surface area (Å²) in [5.74, 6) is 0.381. The number of benzene rings is 2. The molecule has 0 aliphatic rings. The lowest BCUT2D eigenvalue weighted by atomic mass is 10.2. The Labute approximate surface area is 201 Å². The Morgan fingerprint density at radius 2 is 1.79 bits per heavy atom. The molecule has 2 N–H and O–H groups in total. The van der Waals surface area contributed by atoms with E-state index in [9.17, 15) is 4.79 Å². The highest BCUT2D eigenvalue weighted by molar-refractivity contribution is 7.99. The number of aromatic amines is 1. The molecule has 2 aromatic carbocycles. The first-order valence-corrected chi connectivity index (χ1v) is 11.6. The number of pyridine rings is 2. The lowest BCUT2D eigenvalue weighted by molar-refractivity contribution is 0.102. The van der Waals surface area contributed by atoms with Gasteiger partial charge in [-0.1, -0.05) is 36.0 Å². The minimum absolute atomic E-state index is 0.186. The van der Waals surface area contributed by atoms with Crippen LogP contribution in [0, 0.1) is 6.92 Å². The standard InChI is InChI=1S/C27H21N5OS/c1-18-7-6-16-29-26(18)30-27(33)22-9-2-3-10-25(22)34-20-12-13-21-23(31-32-24(21)17-20)14-11-19-8-4-5-15-28-19/h2-17H,1H3,(H,31,32)(H,29,30,33)/b14-11+. The van der Waals surface area contributed by atoms with Crippen molar-refractivity contribution < 1.29 is 4.79 Å². The molecule has 0 saturated heterocycles. The third-order valence-electron chi connectivity index (χ3n) is 5.26. The summed E-state index contributed by atoms with van der Waals surface area (Å²) in [6.07, 6.45) is 7.33. The van der Waals surface area contributed by atoms with Crippen molar-refractivity contribution in [2.45, 2.75) is 16.7 Å². The van der Waals surface area contributed by atoms with Crippen molar-refractivity contribution in [2.24, 2.45) is 0 Å². The van der Waals surface area contributed by atoms with E-state index in [1.165, 1.54) is 11.8 Å². The highest BCUT2D eigenvalue weighted by Crippen LogP contribution is 2.33. The van der Waals surface area contributed by atoms with Crippen LogP contribution in [-0.4, -0.2) is 26.1 Å². The minimum Gasteiger partial charge on any atom is -0.306 e. The van der Waals surface area contributed by atoms with Gasteiger partial charge in [-0.2, -0.15) is 5.10 Å². The molecular formula is C27H21N5OS. The van der Waals surface area contributed by atoms with Crippen LogP contribution in [0.4, 0.5) is 5.82 Å². The maximum atomic E-state index is 13.0. The van der Waals surface area contributed by atoms with Crippen LogP contribution in [0.5, 0.6) is 0 Å². The fourth-order valence-electron chi connectivity index (χ4n) is 3.51. The average molecular weight is 464 g/mol. The fraction of sp³-hybridized carbons (Fsp3) is 0.0370. The molecule has 6 nitrogen and oxygen atoms in total. The summed E-state index contributed by atoms with van der Waals surface area (Å²) in [6, 6.07) is 23.2. The van der Waals surface area contributed by atoms with E-state index in [0.29, 0.717) is 11.4 Å². The van der Waals surface area contributed by atoms with E-state index in [4.69, 9.17) is 0 Å². The van der Waals surface area contributed by atoms with E-state index in [-0.39, 0.29) is 5.91 Å². The van der Waals surface area contributed by atoms with Crippen molar-refractivity contribution in [1.82, 2.24) is 20.2 Å². The van der Waals surface area contributed by atoms with E-state index in [1.54, 1.807) is 12.4 Å². The number of amides is 1. The van der Waals surface area contributed by atoms with Crippen molar-refractivity contribution >= 4 is 46.5 Å². The molecule has 166 valence electrons. The zero-order valence-corrected chi connectivity index (χ0v) is 19.2. The van der Waals surface area contributed by atoms with Crippen LogP contribution >= 0.6 is 11.8 Å². The van der Waals surface area contributed by atoms with Crippen LogP contribution in [0.3, 0.4) is 0 Å². The SMILES string of the molecule is Cc1cccnc1NC(=O)c1ccccc1Sc1ccc2c(/C=C/c3ccccn3)n[nH]c2c1. The Morgan fingerprint density at radius 3 is 2.65 bits per heavy atom. The lowest BCUT2D eigenvalue weighted by Crippen LogP contribution is -2.14. The summed E-state index contributed by atoms with van der Waals surface area (Å²) in [4.78, 5) is 23.4. The molecule has 0 unspecified atom stereocenters. The molecule has 5 rings (SSSR count). The van der Waals surface area contributed by atoms with Gasteiger partial charge < -0.3 is 5.32 Å². The third-order valence-corrected chi connectivity index (χ3v) is 6.33. The number of aromatic nitrogens is 4. The zero-order chi connectivity index (χ0) is 23.3. The summed E-state index contributed by atoms with van der Waals surface area (Å²) in [5.41, 5.74) is 4.17. The van der Waals surface area contributed by atoms with Crippen molar-refractivity contribution in [3.8, 4) is 0 Å². The lowest BCUT2D eigenvalue weighted by Gasteiger charge is -2.11. The molecule has 0 aliphatic carbocycles. The van der Waals surface area contributed by atoms with Crippen LogP contribution in [0.2, 0.25) is 0 Å². The van der Waals surface area contributed by atoms with Crippen molar-refractivity contribution in [1.29, 1.82) is 0 Å². The summed E-state index contributed by atoms with van der Waals surface area (Å²) in [6.45, 7) is 1.92. The van der Waals surface area contributed by atoms with Gasteiger partial charge in [0.25, 0.3) is 5.91 Å². The normalized spacial score (nSPS) is 11.2. The predicted octanol–water partition coefficient (Wildman–Crippen LogP) is 6.24. The maximum Gasteiger partial charge on any atom is 0.257 e. The molecule has 0 atom stereocenters. The molecule has 0 bridgehead atoms. The van der Waals surface area contributed by atoms with Crippen molar-refractivity contribution in [3.63, 3.8) is 0 Å². The molecule has 34 heavy (non-hydrogen) atoms. The maximum absolute atomic E-state index is 13.0. The molecule has 3 heterocycles. The number of hydrogen-bond acceptors (Lipinski definition) is 5. The van der Waals surface area contributed by atoms with E-state index < -0.39 is 0 Å². The first kappa shape index (κ1) is 21.6. The van der Waals surface area contributed by atoms with E-state index in [0.717, 1.165) is 37.6 Å². The van der Waals surface area contributed by atoms with Gasteiger partial charge in [0.2, 0.25) is 0 Å². The number of fused-ring (bicyclic) bond motifs is 1. The van der Waals surface area contributed by atoms with Gasteiger partial charge in [0.05, 0.1) is 22.5 Å². The number of carbonyl (C=O) groups is 1. The second-order valence-corrected chi connectivity index (χ2v) is 8.74. The van der Waals surface area contributed by atoms with Crippen LogP contribution < -0.4 is 5.32 Å². The topological polar surface area (TPSA) is 83.6 Å². The first-order valence-electron chi connectivity index (χ1n) is 10.7. The Morgan fingerprint density at radius 1 is 0.941 bits per heavy atom. The number of aryl methyl sites for hydroxylation is 1. The number of nitrogens with zero attached hydrogens (tertiary/aromatic N) is 3. The van der Waals surface area contributed by atoms with Crippen LogP contribution in [-0.2, 0) is 0 Å². The van der Waals surface area contributed by atoms with Gasteiger partial charge in [0.1, 0.15) is 5.82 Å². The smallest absolute Gasteiger partial charge is 0.257 e. The molecule has 0 aliphatic heterocycles. The fourth-order valence-corrected chi connectivity index (χ4v) is 4.50. The Hall–Kier alpha value is -4.23. The van der Waals surface area contributed by atoms with E-state index in [2.05, 4.69) is 25.5 Å². The number of nitrogens with one attached hydrogen (secondary N) is 2. The minimum atomic E-state index is -0.186. The second-order valence-electron chi connectivity index (χ2n) is 7.63. The summed E-state index contributed by atoms with van der Waals surface area (Å²) in [5, 5.41) is 11.5. The van der Waals surface area contributed by atoms with Gasteiger partial charge in [-0.25, -0.2) is 4.98 Å². The predicted molar refractivity (Wildman–Crippen MR) is 137 cm³/mol. The Bertz CT molecular complexity index is 1490. The highest BCUT2D eigenvalue weighted by Gasteiger charge is 2.14. The Kier molecular flexibility index (Phi) is 6.18. The zero-order valence-electron chi connectivity index (χ0n) is 18.4. The van der Waals surface area contributed by atoms with Gasteiger partial charge in [0.15, 0.2) is 0 Å². The quantitative estimate of drug-likeness (QED) is 0.312. The molecule has 0 fully saturated rings. The van der Waals surface area contributed by atoms with Gasteiger partial charge in [0, 0.05) is 27.6 Å². The average Bonchev–Trinajstić information content (AvgIpc) is 3.27. The molecule has 5 aromatic rings. The third kappa shape index (κ3) is 4.74. The number of hydrogen-bond donors (Lipinski definition) is 2. The van der Waals surface area contributed by atoms with E-state index in [1.807, 2.05) is 91.9 Å². The largest absolute Gasteiger partial charge is 0.306 e. The van der Waals surface area contributed by atoms with Gasteiger partial charge in [-0.3, -0.25) is 14.9 Å². The molecule has 0 spiro atoms. The summed E-state index contributed by atoms with van der Waals surface area (Å²) < 4.78 is 0. The molecule has 7 heteroatoms. The highest BCUT2D eigenvalue weighted by atomic mass is 32.2. The van der Waals surface area contributed by atoms with Crippen LogP contribution in [0.1, 0.15) is 27.3 Å². The van der Waals surface area contributed by atoms with Crippen LogP contribution in [0.25, 0.3) is 23.1 Å². The van der Waals surface area contributed by atoms with Crippen molar-refractivity contribution in [3.05, 3.63) is 108 Å². The van der Waals surface area contributed by atoms with Gasteiger partial charge in [-0.15, -0.1) is 0 Å². The van der Waals surface area contributed by atoms with Gasteiger partial charge in [-0.05, 0) is 73.2 Å². The molecular weight excluding hydrogens is 442 g/mol. The Balaban J connectivity index is 1.37. The molecule has 1 amide bonds. The number of H-pyrrole nitrogens is 1. The summed E-state index contributed by atoms with van der Waals surface area (Å²) in [7, 11) is 0. The summed E-state index contributed by atoms with van der Waals surface area (Å²) >= 11 is 1.53. The van der Waals surface area contributed by atoms with E-state index >= 15 is 0 Å². The first-order chi connectivity index (χ1) is 16.7. The molecule has 0 saturated carbocycles. The monoisotopic (exact) mass is 463 g/mol.